The largest absolute Gasteiger partial charge is 0.454 e. The van der Waals surface area contributed by atoms with Crippen LogP contribution in [-0.2, 0) is 21.1 Å². The molecule has 0 radical (unpaired) electrons. The lowest BCUT2D eigenvalue weighted by molar-refractivity contribution is -0.129. The van der Waals surface area contributed by atoms with Gasteiger partial charge in [0.05, 0.1) is 16.6 Å². The fraction of sp³-hybridized carbons (Fsp3) is 0.409. The van der Waals surface area contributed by atoms with Crippen LogP contribution in [0.15, 0.2) is 47.4 Å². The summed E-state index contributed by atoms with van der Waals surface area (Å²) in [5, 5.41) is -0.465. The Morgan fingerprint density at radius 1 is 1.10 bits per heavy atom. The average Bonchev–Trinajstić information content (AvgIpc) is 3.37. The van der Waals surface area contributed by atoms with Crippen molar-refractivity contribution in [2.75, 3.05) is 19.9 Å². The normalized spacial score (nSPS) is 18.4. The molecule has 2 aromatic rings. The third-order valence-electron chi connectivity index (χ3n) is 5.64. The van der Waals surface area contributed by atoms with Gasteiger partial charge in [-0.3, -0.25) is 4.79 Å². The molecular weight excluding hydrogens is 390 g/mol. The standard InChI is InChI=1S/C22H25NO5S/c1-15(2)29(25,26)19-6-3-16(4-7-19)11-22(24)23-10-9-18(13-23)17-5-8-20-21(12-17)28-14-27-20/h3-8,12,15,18H,9-11,13-14H2,1-2H3/t18-/m1/s1. The summed E-state index contributed by atoms with van der Waals surface area (Å²) < 4.78 is 35.3. The quantitative estimate of drug-likeness (QED) is 0.750. The summed E-state index contributed by atoms with van der Waals surface area (Å²) in [6, 6.07) is 12.6. The molecule has 2 aliphatic heterocycles. The zero-order valence-electron chi connectivity index (χ0n) is 16.6. The number of likely N-dealkylation sites (tertiary alicyclic amines) is 1. The Labute approximate surface area is 171 Å². The predicted molar refractivity (Wildman–Crippen MR) is 109 cm³/mol. The van der Waals surface area contributed by atoms with Crippen molar-refractivity contribution in [1.29, 1.82) is 0 Å². The highest BCUT2D eigenvalue weighted by atomic mass is 32.2. The van der Waals surface area contributed by atoms with Crippen LogP contribution >= 0.6 is 0 Å². The monoisotopic (exact) mass is 415 g/mol. The van der Waals surface area contributed by atoms with Gasteiger partial charge in [-0.25, -0.2) is 8.42 Å². The lowest BCUT2D eigenvalue weighted by Gasteiger charge is -2.17. The van der Waals surface area contributed by atoms with E-state index in [0.29, 0.717) is 11.4 Å². The van der Waals surface area contributed by atoms with Gasteiger partial charge in [-0.1, -0.05) is 18.2 Å². The van der Waals surface area contributed by atoms with Gasteiger partial charge in [0.1, 0.15) is 0 Å². The second-order valence-electron chi connectivity index (χ2n) is 7.85. The van der Waals surface area contributed by atoms with Crippen LogP contribution in [-0.4, -0.2) is 44.4 Å². The van der Waals surface area contributed by atoms with E-state index in [1.54, 1.807) is 38.1 Å². The van der Waals surface area contributed by atoms with Crippen LogP contribution in [0, 0.1) is 0 Å². The van der Waals surface area contributed by atoms with Gasteiger partial charge in [0, 0.05) is 19.0 Å². The maximum atomic E-state index is 12.7. The summed E-state index contributed by atoms with van der Waals surface area (Å²) in [5.41, 5.74) is 1.98. The Morgan fingerprint density at radius 2 is 1.83 bits per heavy atom. The molecule has 0 saturated carbocycles. The highest BCUT2D eigenvalue weighted by Crippen LogP contribution is 2.37. The van der Waals surface area contributed by atoms with Crippen LogP contribution in [0.3, 0.4) is 0 Å². The van der Waals surface area contributed by atoms with Crippen molar-refractivity contribution in [3.05, 3.63) is 53.6 Å². The van der Waals surface area contributed by atoms with Crippen LogP contribution < -0.4 is 9.47 Å². The fourth-order valence-electron chi connectivity index (χ4n) is 3.78. The molecule has 29 heavy (non-hydrogen) atoms. The van der Waals surface area contributed by atoms with E-state index in [2.05, 4.69) is 0 Å². The Bertz CT molecular complexity index is 1010. The minimum absolute atomic E-state index is 0.0627. The Morgan fingerprint density at radius 3 is 2.55 bits per heavy atom. The van der Waals surface area contributed by atoms with Gasteiger partial charge < -0.3 is 14.4 Å². The number of hydrogen-bond acceptors (Lipinski definition) is 5. The van der Waals surface area contributed by atoms with E-state index >= 15 is 0 Å². The molecule has 0 aliphatic carbocycles. The minimum Gasteiger partial charge on any atom is -0.454 e. The number of hydrogen-bond donors (Lipinski definition) is 0. The zero-order valence-corrected chi connectivity index (χ0v) is 17.4. The number of amides is 1. The number of sulfone groups is 1. The lowest BCUT2D eigenvalue weighted by Crippen LogP contribution is -2.29. The molecule has 1 fully saturated rings. The number of carbonyl (C=O) groups is 1. The van der Waals surface area contributed by atoms with Crippen molar-refractivity contribution in [3.8, 4) is 11.5 Å². The zero-order chi connectivity index (χ0) is 20.6. The summed E-state index contributed by atoms with van der Waals surface area (Å²) >= 11 is 0. The second kappa shape index (κ2) is 7.71. The molecule has 4 rings (SSSR count). The van der Waals surface area contributed by atoms with E-state index < -0.39 is 15.1 Å². The van der Waals surface area contributed by atoms with E-state index in [9.17, 15) is 13.2 Å². The first kappa shape index (κ1) is 19.8. The van der Waals surface area contributed by atoms with Gasteiger partial charge in [0.15, 0.2) is 21.3 Å². The van der Waals surface area contributed by atoms with Gasteiger partial charge >= 0.3 is 0 Å². The van der Waals surface area contributed by atoms with Crippen LogP contribution in [0.1, 0.15) is 37.3 Å². The van der Waals surface area contributed by atoms with Gasteiger partial charge in [-0.05, 0) is 55.7 Å². The van der Waals surface area contributed by atoms with Crippen LogP contribution in [0.25, 0.3) is 0 Å². The molecule has 0 unspecified atom stereocenters. The molecule has 1 amide bonds. The van der Waals surface area contributed by atoms with E-state index in [1.807, 2.05) is 23.1 Å². The predicted octanol–water partition coefficient (Wildman–Crippen LogP) is 3.16. The van der Waals surface area contributed by atoms with Gasteiger partial charge in [-0.2, -0.15) is 0 Å². The summed E-state index contributed by atoms with van der Waals surface area (Å²) in [5.74, 6) is 1.88. The van der Waals surface area contributed by atoms with Gasteiger partial charge in [0.25, 0.3) is 0 Å². The van der Waals surface area contributed by atoms with Crippen LogP contribution in [0.2, 0.25) is 0 Å². The van der Waals surface area contributed by atoms with E-state index in [1.165, 1.54) is 0 Å². The molecule has 154 valence electrons. The summed E-state index contributed by atoms with van der Waals surface area (Å²) in [4.78, 5) is 14.9. The molecule has 0 aromatic heterocycles. The SMILES string of the molecule is CC(C)S(=O)(=O)c1ccc(CC(=O)N2CC[C@@H](c3ccc4c(c3)OCO4)C2)cc1. The third kappa shape index (κ3) is 3.96. The first-order valence-electron chi connectivity index (χ1n) is 9.85. The number of nitrogens with zero attached hydrogens (tertiary/aromatic N) is 1. The maximum Gasteiger partial charge on any atom is 0.231 e. The summed E-state index contributed by atoms with van der Waals surface area (Å²) in [6.07, 6.45) is 1.19. The van der Waals surface area contributed by atoms with Crippen molar-refractivity contribution in [3.63, 3.8) is 0 Å². The molecule has 2 aromatic carbocycles. The molecule has 1 atom stereocenters. The van der Waals surface area contributed by atoms with Gasteiger partial charge in [0.2, 0.25) is 12.7 Å². The van der Waals surface area contributed by atoms with E-state index in [0.717, 1.165) is 35.6 Å². The number of fused-ring (bicyclic) bond motifs is 1. The number of rotatable bonds is 5. The van der Waals surface area contributed by atoms with Crippen LogP contribution in [0.4, 0.5) is 0 Å². The number of ether oxygens (including phenoxy) is 2. The molecule has 0 bridgehead atoms. The molecule has 7 heteroatoms. The first-order valence-corrected chi connectivity index (χ1v) is 11.4. The highest BCUT2D eigenvalue weighted by Gasteiger charge is 2.28. The number of benzene rings is 2. The molecule has 2 heterocycles. The highest BCUT2D eigenvalue weighted by molar-refractivity contribution is 7.92. The topological polar surface area (TPSA) is 72.9 Å². The van der Waals surface area contributed by atoms with Crippen molar-refractivity contribution < 1.29 is 22.7 Å². The molecular formula is C22H25NO5S. The second-order valence-corrected chi connectivity index (χ2v) is 10.4. The maximum absolute atomic E-state index is 12.7. The molecule has 1 saturated heterocycles. The first-order chi connectivity index (χ1) is 13.8. The molecule has 0 spiro atoms. The van der Waals surface area contributed by atoms with Crippen molar-refractivity contribution in [2.45, 2.75) is 42.8 Å². The molecule has 2 aliphatic rings. The van der Waals surface area contributed by atoms with E-state index in [4.69, 9.17) is 9.47 Å². The number of carbonyl (C=O) groups excluding carboxylic acids is 1. The fourth-order valence-corrected chi connectivity index (χ4v) is 4.84. The molecule has 6 nitrogen and oxygen atoms in total. The lowest BCUT2D eigenvalue weighted by atomic mass is 9.98. The Balaban J connectivity index is 1.38. The van der Waals surface area contributed by atoms with E-state index in [-0.39, 0.29) is 25.0 Å². The molecule has 0 N–H and O–H groups in total. The Hall–Kier alpha value is -2.54. The Kier molecular flexibility index (Phi) is 5.25. The minimum atomic E-state index is -3.29. The average molecular weight is 416 g/mol. The van der Waals surface area contributed by atoms with Crippen molar-refractivity contribution >= 4 is 15.7 Å². The van der Waals surface area contributed by atoms with Gasteiger partial charge in [-0.15, -0.1) is 0 Å². The summed E-state index contributed by atoms with van der Waals surface area (Å²) in [6.45, 7) is 4.98. The van der Waals surface area contributed by atoms with Crippen molar-refractivity contribution in [1.82, 2.24) is 4.90 Å². The smallest absolute Gasteiger partial charge is 0.231 e. The summed E-state index contributed by atoms with van der Waals surface area (Å²) in [7, 11) is -3.29. The van der Waals surface area contributed by atoms with Crippen molar-refractivity contribution in [2.24, 2.45) is 0 Å². The van der Waals surface area contributed by atoms with Crippen LogP contribution in [0.5, 0.6) is 11.5 Å². The third-order valence-corrected chi connectivity index (χ3v) is 7.81.